The second-order valence-corrected chi connectivity index (χ2v) is 34.0. The van der Waals surface area contributed by atoms with Crippen LogP contribution < -0.4 is 36.5 Å². The molecule has 0 spiro atoms. The van der Waals surface area contributed by atoms with Gasteiger partial charge in [0.05, 0.1) is 28.8 Å². The predicted octanol–water partition coefficient (Wildman–Crippen LogP) is 24.0. The summed E-state index contributed by atoms with van der Waals surface area (Å²) in [6.45, 7) is 43.1. The number of pyridine rings is 8. The van der Waals surface area contributed by atoms with Crippen LogP contribution in [0, 0.1) is 96.6 Å². The van der Waals surface area contributed by atoms with E-state index in [0.717, 1.165) is 39.4 Å². The molecular weight excluding hydrogens is 1500 g/mol. The van der Waals surface area contributed by atoms with Crippen molar-refractivity contribution in [3.8, 4) is 45.5 Å². The molecule has 8 aromatic heterocycles. The molecule has 12 aromatic carbocycles. The number of rotatable bonds is 8. The summed E-state index contributed by atoms with van der Waals surface area (Å²) in [5.41, 5.74) is 34.5. The Labute approximate surface area is 722 Å². The molecule has 0 bridgehead atoms. The number of aromatic nitrogens is 8. The lowest BCUT2D eigenvalue weighted by atomic mass is 9.85. The van der Waals surface area contributed by atoms with E-state index in [9.17, 15) is 0 Å². The van der Waals surface area contributed by atoms with E-state index in [-0.39, 0.29) is 5.41 Å². The highest BCUT2D eigenvalue weighted by Crippen LogP contribution is 2.33. The summed E-state index contributed by atoms with van der Waals surface area (Å²) in [5, 5.41) is 12.4. The van der Waals surface area contributed by atoms with Crippen molar-refractivity contribution in [3.05, 3.63) is 436 Å². The maximum Gasteiger partial charge on any atom is 0.221 e. The van der Waals surface area contributed by atoms with Crippen molar-refractivity contribution in [1.29, 1.82) is 0 Å². The molecule has 0 aliphatic carbocycles. The number of hydrogen-bond donors (Lipinski definition) is 0. The summed E-state index contributed by atoms with van der Waals surface area (Å²) in [6, 6.07) is 119. The van der Waals surface area contributed by atoms with E-state index in [1.54, 1.807) is 0 Å². The van der Waals surface area contributed by atoms with Crippen molar-refractivity contribution >= 4 is 92.6 Å². The molecule has 20 aromatic rings. The number of nitrogens with zero attached hydrogens (tertiary/aromatic N) is 9. The fourth-order valence-electron chi connectivity index (χ4n) is 18.1. The Morgan fingerprint density at radius 2 is 0.455 bits per heavy atom. The summed E-state index contributed by atoms with van der Waals surface area (Å²) in [4.78, 5) is 3.83. The van der Waals surface area contributed by atoms with Crippen molar-refractivity contribution in [2.75, 3.05) is 0 Å². The van der Waals surface area contributed by atoms with E-state index in [2.05, 4.69) is 486 Å². The average molecular weight is 1600 g/mol. The highest BCUT2D eigenvalue weighted by Gasteiger charge is 2.34. The van der Waals surface area contributed by atoms with Gasteiger partial charge in [0.1, 0.15) is 0 Å². The van der Waals surface area contributed by atoms with Crippen molar-refractivity contribution in [1.82, 2.24) is 0 Å². The standard InChI is InChI=1S/C31H32N2.C28H23N3.C28H26N2.C27H24N2/c1-21-15-17-24-11-7-9-13-27(24)32(21)29-19-26(31(4,5)6)20-30(23(29)3)33-22(2)16-18-25-12-8-10-14-28(25)33;1-19-13-15-22-9-5-7-11-25(22)30(19)27-17-24(29-4)18-28(21(27)3)31-20(2)14-16-23-10-6-8-12-26(23)31;1-19-15-27(29-18-25-11-6-5-10-24(25)17-21(29)3)22(4)28(16-19)30-20(2)13-14-23-9-7-8-12-26(23)30;1-19-15-16-22-9-6-7-12-27(22)29(19)26-14-8-13-25(21(26)3)28-18-24-11-5-4-10-23(24)17-20(28)2/h7-20H,1-6H3;5-18H,1-3H3;5-18H,1-4H3;4-18H,1-3H3/q4*+2. The summed E-state index contributed by atoms with van der Waals surface area (Å²) in [7, 11) is 0. The monoisotopic (exact) mass is 1600 g/mol. The summed E-state index contributed by atoms with van der Waals surface area (Å²) < 4.78 is 18.8. The Hall–Kier alpha value is -14.6. The van der Waals surface area contributed by atoms with Gasteiger partial charge in [0.15, 0.2) is 63.6 Å². The number of fused-ring (bicyclic) bond motifs is 8. The minimum atomic E-state index is 0.0231. The normalized spacial score (nSPS) is 11.4. The molecule has 8 heterocycles. The molecule has 9 heteroatoms. The van der Waals surface area contributed by atoms with Crippen molar-refractivity contribution in [2.24, 2.45) is 0 Å². The first-order valence-corrected chi connectivity index (χ1v) is 42.7. The van der Waals surface area contributed by atoms with Gasteiger partial charge in [0.2, 0.25) is 78.6 Å². The van der Waals surface area contributed by atoms with Gasteiger partial charge in [-0.2, -0.15) is 36.5 Å². The third-order valence-corrected chi connectivity index (χ3v) is 24.6. The molecule has 9 nitrogen and oxygen atoms in total. The third-order valence-electron chi connectivity index (χ3n) is 24.6. The lowest BCUT2D eigenvalue weighted by molar-refractivity contribution is -0.604. The smallest absolute Gasteiger partial charge is 0.221 e. The second-order valence-electron chi connectivity index (χ2n) is 34.0. The molecule has 0 aliphatic heterocycles. The minimum Gasteiger partial charge on any atom is -0.238 e. The Bertz CT molecular complexity index is 7460. The fourth-order valence-corrected chi connectivity index (χ4v) is 18.1. The number of aryl methyl sites for hydroxylation is 9. The minimum absolute atomic E-state index is 0.0231. The second kappa shape index (κ2) is 33.5. The van der Waals surface area contributed by atoms with Crippen LogP contribution in [0.25, 0.3) is 137 Å². The molecule has 0 saturated carbocycles. The van der Waals surface area contributed by atoms with Gasteiger partial charge in [-0.3, -0.25) is 0 Å². The first kappa shape index (κ1) is 80.8. The van der Waals surface area contributed by atoms with Gasteiger partial charge >= 0.3 is 0 Å². The van der Waals surface area contributed by atoms with Crippen LogP contribution in [0.4, 0.5) is 5.69 Å². The zero-order valence-electron chi connectivity index (χ0n) is 73.4. The zero-order valence-corrected chi connectivity index (χ0v) is 73.4. The van der Waals surface area contributed by atoms with Crippen LogP contribution in [0.15, 0.2) is 346 Å². The van der Waals surface area contributed by atoms with E-state index < -0.39 is 0 Å². The van der Waals surface area contributed by atoms with E-state index in [1.807, 2.05) is 12.1 Å². The zero-order chi connectivity index (χ0) is 85.6. The van der Waals surface area contributed by atoms with Crippen LogP contribution in [0.5, 0.6) is 0 Å². The van der Waals surface area contributed by atoms with Gasteiger partial charge in [-0.25, -0.2) is 4.85 Å². The molecule has 0 unspecified atom stereocenters. The lowest BCUT2D eigenvalue weighted by Gasteiger charge is -2.21. The summed E-state index contributed by atoms with van der Waals surface area (Å²) in [6.07, 6.45) is 4.51. The van der Waals surface area contributed by atoms with Crippen LogP contribution >= 0.6 is 0 Å². The Kier molecular flexibility index (Phi) is 22.0. The van der Waals surface area contributed by atoms with Crippen LogP contribution in [-0.4, -0.2) is 0 Å². The van der Waals surface area contributed by atoms with Gasteiger partial charge in [-0.15, -0.1) is 0 Å². The number of hydrogen-bond acceptors (Lipinski definition) is 0. The molecule has 0 N–H and O–H groups in total. The van der Waals surface area contributed by atoms with Crippen LogP contribution in [-0.2, 0) is 5.41 Å². The quantitative estimate of drug-likeness (QED) is 0.107. The summed E-state index contributed by atoms with van der Waals surface area (Å²) >= 11 is 0. The third kappa shape index (κ3) is 15.5. The maximum absolute atomic E-state index is 7.77. The number of benzene rings is 12. The Morgan fingerprint density at radius 1 is 0.211 bits per heavy atom. The van der Waals surface area contributed by atoms with Gasteiger partial charge < -0.3 is 0 Å². The molecule has 123 heavy (non-hydrogen) atoms. The van der Waals surface area contributed by atoms with Crippen molar-refractivity contribution < 1.29 is 36.5 Å². The van der Waals surface area contributed by atoms with Crippen LogP contribution in [0.3, 0.4) is 0 Å². The van der Waals surface area contributed by atoms with E-state index in [1.165, 1.54) is 172 Å². The van der Waals surface area contributed by atoms with Crippen molar-refractivity contribution in [3.63, 3.8) is 0 Å². The molecule has 0 radical (unpaired) electrons. The van der Waals surface area contributed by atoms with Crippen LogP contribution in [0.1, 0.15) is 99.7 Å². The highest BCUT2D eigenvalue weighted by molar-refractivity contribution is 5.84. The SMILES string of the molecule is Cc1c(-[n+]2c(C)ccc3ccccc32)cc(C(C)(C)C)cc1-[n+]1c(C)ccc2ccccc21.Cc1c(-[n+]2cc3ccccc3cc2C)cccc1-[n+]1c(C)ccc2ccccc21.Cc1cc(-[n+]2cc3ccccc3cc2C)c(C)c(-[n+]2c(C)ccc3ccccc32)c1.[C-]#[N+]c1cc(-[n+]2c(C)ccc3ccccc32)c(C)c(-[n+]2c(C)ccc3ccccc32)c1. The molecule has 0 fully saturated rings. The molecule has 598 valence electrons. The van der Waals surface area contributed by atoms with Gasteiger partial charge in [-0.1, -0.05) is 130 Å². The maximum atomic E-state index is 7.77. The first-order chi connectivity index (χ1) is 59.5. The van der Waals surface area contributed by atoms with Gasteiger partial charge in [0.25, 0.3) is 0 Å². The predicted molar refractivity (Wildman–Crippen MR) is 505 cm³/mol. The summed E-state index contributed by atoms with van der Waals surface area (Å²) in [5.74, 6) is 0. The molecule has 0 saturated heterocycles. The largest absolute Gasteiger partial charge is 0.238 e. The van der Waals surface area contributed by atoms with Crippen molar-refractivity contribution in [2.45, 2.75) is 116 Å². The first-order valence-electron chi connectivity index (χ1n) is 42.7. The molecule has 0 aliphatic rings. The van der Waals surface area contributed by atoms with Crippen LogP contribution in [0.2, 0.25) is 0 Å². The average Bonchev–Trinajstić information content (AvgIpc) is 0.763. The topological polar surface area (TPSA) is 35.4 Å². The highest BCUT2D eigenvalue weighted by atomic mass is 15.1. The fraction of sp³-hybridized carbons (Fsp3) is 0.149. The Morgan fingerprint density at radius 3 is 0.772 bits per heavy atom. The molecule has 20 rings (SSSR count). The molecule has 0 atom stereocenters. The van der Waals surface area contributed by atoms with Gasteiger partial charge in [0, 0.05) is 232 Å². The lowest BCUT2D eigenvalue weighted by Crippen LogP contribution is -2.41. The molecule has 0 amide bonds. The van der Waals surface area contributed by atoms with E-state index in [4.69, 9.17) is 6.57 Å². The van der Waals surface area contributed by atoms with Gasteiger partial charge in [-0.05, 0) is 153 Å². The molecular formula is C114H105N9+8. The van der Waals surface area contributed by atoms with E-state index >= 15 is 0 Å². The Balaban J connectivity index is 0.000000116. The number of para-hydroxylation sites is 6. The van der Waals surface area contributed by atoms with E-state index in [0.29, 0.717) is 5.69 Å².